The topological polar surface area (TPSA) is 73.6 Å². The first-order chi connectivity index (χ1) is 9.87. The molecule has 118 valence electrons. The minimum Gasteiger partial charge on any atom is -0.481 e. The van der Waals surface area contributed by atoms with E-state index in [1.54, 1.807) is 4.68 Å². The number of carboxylic acids is 1. The monoisotopic (exact) mass is 312 g/mol. The summed E-state index contributed by atoms with van der Waals surface area (Å²) in [4.78, 5) is 11.2. The van der Waals surface area contributed by atoms with Gasteiger partial charge in [-0.15, -0.1) is 0 Å². The van der Waals surface area contributed by atoms with Crippen molar-refractivity contribution in [1.29, 1.82) is 0 Å². The molecule has 0 spiro atoms. The number of hydrogen-bond acceptors (Lipinski definition) is 4. The molecule has 0 unspecified atom stereocenters. The zero-order valence-electron chi connectivity index (χ0n) is 12.9. The van der Waals surface area contributed by atoms with Gasteiger partial charge >= 0.3 is 5.97 Å². The minimum atomic E-state index is -1.07. The molecular formula is C14H24N2O4Si. The van der Waals surface area contributed by atoms with Crippen molar-refractivity contribution in [1.82, 2.24) is 9.78 Å². The molecule has 0 aliphatic carbocycles. The SMILES string of the molecule is C[Si](C)(C)CCOCn1ccc([C@@H]2OCC[C@H]2C(=O)O)n1. The fourth-order valence-electron chi connectivity index (χ4n) is 2.27. The van der Waals surface area contributed by atoms with Gasteiger partial charge in [-0.3, -0.25) is 4.79 Å². The lowest BCUT2D eigenvalue weighted by Gasteiger charge is -2.15. The van der Waals surface area contributed by atoms with E-state index in [9.17, 15) is 4.79 Å². The van der Waals surface area contributed by atoms with Crippen LogP contribution < -0.4 is 0 Å². The highest BCUT2D eigenvalue weighted by molar-refractivity contribution is 6.76. The third kappa shape index (κ3) is 4.65. The molecule has 1 N–H and O–H groups in total. The quantitative estimate of drug-likeness (QED) is 0.618. The summed E-state index contributed by atoms with van der Waals surface area (Å²) in [6.45, 7) is 8.54. The van der Waals surface area contributed by atoms with Gasteiger partial charge in [0.1, 0.15) is 12.8 Å². The molecule has 1 aliphatic heterocycles. The van der Waals surface area contributed by atoms with Crippen molar-refractivity contribution >= 4 is 14.0 Å². The summed E-state index contributed by atoms with van der Waals surface area (Å²) in [5, 5.41) is 13.5. The molecule has 0 aromatic carbocycles. The van der Waals surface area contributed by atoms with Crippen LogP contribution in [0, 0.1) is 5.92 Å². The van der Waals surface area contributed by atoms with Crippen LogP contribution in [0.25, 0.3) is 0 Å². The molecule has 0 saturated carbocycles. The fourth-order valence-corrected chi connectivity index (χ4v) is 3.03. The third-order valence-corrected chi connectivity index (χ3v) is 5.29. The zero-order chi connectivity index (χ0) is 15.5. The molecule has 0 radical (unpaired) electrons. The number of aromatic nitrogens is 2. The van der Waals surface area contributed by atoms with Crippen molar-refractivity contribution in [2.75, 3.05) is 13.2 Å². The largest absolute Gasteiger partial charge is 0.481 e. The standard InChI is InChI=1S/C14H24N2O4Si/c1-21(2,3)9-8-19-10-16-6-4-12(15-16)13-11(14(17)18)5-7-20-13/h4,6,11,13H,5,7-10H2,1-3H3,(H,17,18)/t11-,13-/m1/s1. The first-order valence-corrected chi connectivity index (χ1v) is 11.0. The van der Waals surface area contributed by atoms with Crippen molar-refractivity contribution < 1.29 is 19.4 Å². The minimum absolute atomic E-state index is 0.398. The summed E-state index contributed by atoms with van der Waals surface area (Å²) in [6, 6.07) is 2.93. The normalized spacial score (nSPS) is 22.6. The van der Waals surface area contributed by atoms with E-state index in [0.29, 0.717) is 25.5 Å². The number of nitrogens with zero attached hydrogens (tertiary/aromatic N) is 2. The van der Waals surface area contributed by atoms with Gasteiger partial charge in [0.05, 0.1) is 11.6 Å². The molecule has 2 rings (SSSR count). The third-order valence-electron chi connectivity index (χ3n) is 3.58. The summed E-state index contributed by atoms with van der Waals surface area (Å²) in [7, 11) is -1.07. The van der Waals surface area contributed by atoms with Crippen molar-refractivity contribution in [2.24, 2.45) is 5.92 Å². The molecule has 1 aromatic rings. The van der Waals surface area contributed by atoms with E-state index in [0.717, 1.165) is 12.7 Å². The van der Waals surface area contributed by atoms with Crippen LogP contribution in [0.2, 0.25) is 25.7 Å². The molecule has 1 aliphatic rings. The number of ether oxygens (including phenoxy) is 2. The highest BCUT2D eigenvalue weighted by Crippen LogP contribution is 2.33. The van der Waals surface area contributed by atoms with Crippen LogP contribution in [0.4, 0.5) is 0 Å². The number of carbonyl (C=O) groups is 1. The van der Waals surface area contributed by atoms with Gasteiger partial charge in [0, 0.05) is 27.5 Å². The van der Waals surface area contributed by atoms with Crippen LogP contribution in [0.3, 0.4) is 0 Å². The second-order valence-electron chi connectivity index (χ2n) is 6.65. The van der Waals surface area contributed by atoms with Gasteiger partial charge in [0.2, 0.25) is 0 Å². The van der Waals surface area contributed by atoms with E-state index in [4.69, 9.17) is 14.6 Å². The lowest BCUT2D eigenvalue weighted by atomic mass is 10.00. The van der Waals surface area contributed by atoms with Crippen LogP contribution in [-0.2, 0) is 21.0 Å². The van der Waals surface area contributed by atoms with Crippen molar-refractivity contribution in [3.05, 3.63) is 18.0 Å². The molecule has 7 heteroatoms. The highest BCUT2D eigenvalue weighted by Gasteiger charge is 2.36. The van der Waals surface area contributed by atoms with Crippen LogP contribution in [-0.4, -0.2) is 42.1 Å². The second kappa shape index (κ2) is 6.72. The lowest BCUT2D eigenvalue weighted by Crippen LogP contribution is -2.22. The van der Waals surface area contributed by atoms with Gasteiger partial charge in [-0.1, -0.05) is 19.6 Å². The molecule has 21 heavy (non-hydrogen) atoms. The molecule has 1 aromatic heterocycles. The smallest absolute Gasteiger partial charge is 0.309 e. The predicted molar refractivity (Wildman–Crippen MR) is 80.8 cm³/mol. The van der Waals surface area contributed by atoms with E-state index in [-0.39, 0.29) is 0 Å². The number of rotatable bonds is 7. The van der Waals surface area contributed by atoms with E-state index in [2.05, 4.69) is 24.7 Å². The predicted octanol–water partition coefficient (Wildman–Crippen LogP) is 2.36. The lowest BCUT2D eigenvalue weighted by molar-refractivity contribution is -0.143. The van der Waals surface area contributed by atoms with Gasteiger partial charge < -0.3 is 14.6 Å². The average Bonchev–Trinajstić information content (AvgIpc) is 3.01. The van der Waals surface area contributed by atoms with Crippen LogP contribution in [0.5, 0.6) is 0 Å². The van der Waals surface area contributed by atoms with Crippen LogP contribution in [0.15, 0.2) is 12.3 Å². The van der Waals surface area contributed by atoms with Crippen molar-refractivity contribution in [3.8, 4) is 0 Å². The van der Waals surface area contributed by atoms with Gasteiger partial charge in [-0.05, 0) is 18.5 Å². The van der Waals surface area contributed by atoms with E-state index in [1.165, 1.54) is 0 Å². The fraction of sp³-hybridized carbons (Fsp3) is 0.714. The van der Waals surface area contributed by atoms with Crippen LogP contribution >= 0.6 is 0 Å². The first kappa shape index (κ1) is 16.2. The molecule has 2 atom stereocenters. The Balaban J connectivity index is 1.85. The average molecular weight is 312 g/mol. The Morgan fingerprint density at radius 3 is 3.00 bits per heavy atom. The molecule has 0 amide bonds. The number of carboxylic acid groups (broad SMARTS) is 1. The molecule has 6 nitrogen and oxygen atoms in total. The Bertz CT molecular complexity index is 484. The number of aliphatic carboxylic acids is 1. The van der Waals surface area contributed by atoms with Gasteiger partial charge in [0.25, 0.3) is 0 Å². The summed E-state index contributed by atoms with van der Waals surface area (Å²) >= 11 is 0. The van der Waals surface area contributed by atoms with Gasteiger partial charge in [-0.2, -0.15) is 5.10 Å². The zero-order valence-corrected chi connectivity index (χ0v) is 13.9. The maximum absolute atomic E-state index is 11.2. The molecule has 1 fully saturated rings. The second-order valence-corrected chi connectivity index (χ2v) is 12.3. The number of hydrogen-bond donors (Lipinski definition) is 1. The highest BCUT2D eigenvalue weighted by atomic mass is 28.3. The van der Waals surface area contributed by atoms with Crippen LogP contribution in [0.1, 0.15) is 18.2 Å². The van der Waals surface area contributed by atoms with E-state index in [1.807, 2.05) is 12.3 Å². The molecular weight excluding hydrogens is 288 g/mol. The maximum Gasteiger partial charge on any atom is 0.309 e. The Hall–Kier alpha value is -1.18. The van der Waals surface area contributed by atoms with Gasteiger partial charge in [0.15, 0.2) is 0 Å². The van der Waals surface area contributed by atoms with Crippen molar-refractivity contribution in [2.45, 2.75) is 44.9 Å². The van der Waals surface area contributed by atoms with E-state index < -0.39 is 26.1 Å². The Morgan fingerprint density at radius 2 is 2.33 bits per heavy atom. The van der Waals surface area contributed by atoms with Crippen molar-refractivity contribution in [3.63, 3.8) is 0 Å². The summed E-state index contributed by atoms with van der Waals surface area (Å²) < 4.78 is 12.8. The summed E-state index contributed by atoms with van der Waals surface area (Å²) in [5.41, 5.74) is 0.675. The molecule has 0 bridgehead atoms. The summed E-state index contributed by atoms with van der Waals surface area (Å²) in [6.07, 6.45) is 1.91. The van der Waals surface area contributed by atoms with Gasteiger partial charge in [-0.25, -0.2) is 4.68 Å². The molecule has 2 heterocycles. The maximum atomic E-state index is 11.2. The Morgan fingerprint density at radius 1 is 1.57 bits per heavy atom. The Labute approximate surface area is 126 Å². The first-order valence-electron chi connectivity index (χ1n) is 7.32. The summed E-state index contributed by atoms with van der Waals surface area (Å²) in [5.74, 6) is -1.32. The molecule has 1 saturated heterocycles. The van der Waals surface area contributed by atoms with E-state index >= 15 is 0 Å². The Kier molecular flexibility index (Phi) is 5.18.